The second-order valence-electron chi connectivity index (χ2n) is 10.3. The minimum absolute atomic E-state index is 0.00440. The molecule has 0 spiro atoms. The van der Waals surface area contributed by atoms with Gasteiger partial charge >= 0.3 is 5.97 Å². The summed E-state index contributed by atoms with van der Waals surface area (Å²) in [5.74, 6) is -0.347. The Hall–Kier alpha value is -1.85. The Morgan fingerprint density at radius 1 is 1.18 bits per heavy atom. The number of carbonyl (C=O) groups excluding carboxylic acids is 3. The average molecular weight is 463 g/mol. The minimum Gasteiger partial charge on any atom is -0.468 e. The summed E-state index contributed by atoms with van der Waals surface area (Å²) >= 11 is 0. The first-order valence-electron chi connectivity index (χ1n) is 13.2. The maximum absolute atomic E-state index is 13.6. The highest BCUT2D eigenvalue weighted by Crippen LogP contribution is 2.49. The maximum atomic E-state index is 13.6. The summed E-state index contributed by atoms with van der Waals surface area (Å²) in [5.41, 5.74) is 0.0198. The van der Waals surface area contributed by atoms with Crippen LogP contribution in [-0.2, 0) is 19.1 Å². The van der Waals surface area contributed by atoms with Gasteiger partial charge in [-0.05, 0) is 44.4 Å². The Morgan fingerprint density at radius 3 is 2.61 bits per heavy atom. The lowest BCUT2D eigenvalue weighted by Crippen LogP contribution is -2.53. The molecule has 0 aromatic carbocycles. The van der Waals surface area contributed by atoms with Crippen LogP contribution < -0.4 is 5.32 Å². The van der Waals surface area contributed by atoms with Crippen molar-refractivity contribution in [3.05, 3.63) is 11.8 Å². The Bertz CT molecular complexity index is 688. The zero-order valence-corrected chi connectivity index (χ0v) is 21.4. The van der Waals surface area contributed by atoms with E-state index >= 15 is 0 Å². The van der Waals surface area contributed by atoms with Crippen LogP contribution in [0.2, 0.25) is 0 Å². The van der Waals surface area contributed by atoms with Gasteiger partial charge in [-0.15, -0.1) is 0 Å². The van der Waals surface area contributed by atoms with E-state index in [2.05, 4.69) is 32.2 Å². The van der Waals surface area contributed by atoms with Crippen LogP contribution in [-0.4, -0.2) is 42.9 Å². The molecule has 2 amide bonds. The summed E-state index contributed by atoms with van der Waals surface area (Å²) < 4.78 is 5.29. The Balaban J connectivity index is 2.19. The van der Waals surface area contributed by atoms with Gasteiger partial charge in [0.05, 0.1) is 7.11 Å². The third-order valence-electron chi connectivity index (χ3n) is 7.17. The number of esters is 1. The molecule has 0 aromatic heterocycles. The second-order valence-corrected chi connectivity index (χ2v) is 10.3. The van der Waals surface area contributed by atoms with Gasteiger partial charge in [0.25, 0.3) is 0 Å². The van der Waals surface area contributed by atoms with Gasteiger partial charge in [-0.1, -0.05) is 65.4 Å². The standard InChI is InChI=1S/C27H46N2O4/c1-5-6-7-8-9-13-18-29-23-14-11-10-12-16-27(23,26(32)33-4)20-22(25(29)31)19-24(30)28-17-15-21(2)3/h14,21-22H,5-13,15-20H2,1-4H3,(H,28,30)/t22-,27+/m1/s1. The van der Waals surface area contributed by atoms with E-state index in [9.17, 15) is 14.4 Å². The molecule has 2 aliphatic rings. The molecule has 1 N–H and O–H groups in total. The highest BCUT2D eigenvalue weighted by atomic mass is 16.5. The molecular weight excluding hydrogens is 416 g/mol. The number of hydrogen-bond donors (Lipinski definition) is 1. The van der Waals surface area contributed by atoms with E-state index in [-0.39, 0.29) is 24.2 Å². The summed E-state index contributed by atoms with van der Waals surface area (Å²) in [7, 11) is 1.43. The van der Waals surface area contributed by atoms with E-state index in [1.54, 1.807) is 0 Å². The number of carbonyl (C=O) groups is 3. The van der Waals surface area contributed by atoms with Crippen molar-refractivity contribution in [2.45, 2.75) is 104 Å². The Kier molecular flexibility index (Phi) is 11.4. The van der Waals surface area contributed by atoms with Crippen molar-refractivity contribution in [2.75, 3.05) is 20.2 Å². The molecule has 33 heavy (non-hydrogen) atoms. The molecule has 1 saturated heterocycles. The number of hydrogen-bond acceptors (Lipinski definition) is 4. The maximum Gasteiger partial charge on any atom is 0.317 e. The molecule has 1 heterocycles. The van der Waals surface area contributed by atoms with E-state index in [1.165, 1.54) is 32.8 Å². The first kappa shape index (κ1) is 27.4. The molecular formula is C27H46N2O4. The van der Waals surface area contributed by atoms with Gasteiger partial charge in [0.2, 0.25) is 11.8 Å². The summed E-state index contributed by atoms with van der Waals surface area (Å²) in [4.78, 5) is 41.2. The lowest BCUT2D eigenvalue weighted by molar-refractivity contribution is -0.159. The summed E-state index contributed by atoms with van der Waals surface area (Å²) in [5, 5.41) is 2.97. The van der Waals surface area contributed by atoms with Crippen molar-refractivity contribution in [1.82, 2.24) is 10.2 Å². The van der Waals surface area contributed by atoms with Crippen molar-refractivity contribution < 1.29 is 19.1 Å². The summed E-state index contributed by atoms with van der Waals surface area (Å²) in [6, 6.07) is 0. The van der Waals surface area contributed by atoms with Crippen LogP contribution >= 0.6 is 0 Å². The van der Waals surface area contributed by atoms with Crippen LogP contribution in [0, 0.1) is 17.3 Å². The number of rotatable bonds is 13. The zero-order valence-electron chi connectivity index (χ0n) is 21.4. The monoisotopic (exact) mass is 462 g/mol. The number of amides is 2. The smallest absolute Gasteiger partial charge is 0.317 e. The van der Waals surface area contributed by atoms with Crippen LogP contribution in [0.4, 0.5) is 0 Å². The van der Waals surface area contributed by atoms with Gasteiger partial charge in [0, 0.05) is 31.1 Å². The molecule has 0 aromatic rings. The quantitative estimate of drug-likeness (QED) is 0.295. The first-order valence-corrected chi connectivity index (χ1v) is 13.2. The van der Waals surface area contributed by atoms with Gasteiger partial charge in [-0.2, -0.15) is 0 Å². The number of allylic oxidation sites excluding steroid dienone is 1. The minimum atomic E-state index is -0.815. The van der Waals surface area contributed by atoms with Gasteiger partial charge in [0.15, 0.2) is 0 Å². The number of nitrogens with one attached hydrogen (secondary N) is 1. The molecule has 0 unspecified atom stereocenters. The lowest BCUT2D eigenvalue weighted by Gasteiger charge is -2.46. The van der Waals surface area contributed by atoms with Crippen molar-refractivity contribution in [2.24, 2.45) is 17.3 Å². The Labute approximate surface area is 200 Å². The van der Waals surface area contributed by atoms with Crippen molar-refractivity contribution in [3.8, 4) is 0 Å². The number of fused-ring (bicyclic) bond motifs is 1. The molecule has 0 saturated carbocycles. The fourth-order valence-electron chi connectivity index (χ4n) is 5.28. The van der Waals surface area contributed by atoms with Crippen molar-refractivity contribution in [1.29, 1.82) is 0 Å². The third-order valence-corrected chi connectivity index (χ3v) is 7.17. The van der Waals surface area contributed by atoms with E-state index in [0.29, 0.717) is 31.8 Å². The number of piperidine rings is 1. The molecule has 2 atom stereocenters. The number of ether oxygens (including phenoxy) is 1. The topological polar surface area (TPSA) is 75.7 Å². The van der Waals surface area contributed by atoms with Gasteiger partial charge < -0.3 is 15.0 Å². The number of unbranched alkanes of at least 4 members (excludes halogenated alkanes) is 5. The van der Waals surface area contributed by atoms with Crippen molar-refractivity contribution in [3.63, 3.8) is 0 Å². The molecule has 1 aliphatic carbocycles. The van der Waals surface area contributed by atoms with E-state index < -0.39 is 11.3 Å². The molecule has 188 valence electrons. The largest absolute Gasteiger partial charge is 0.468 e. The van der Waals surface area contributed by atoms with Crippen molar-refractivity contribution >= 4 is 17.8 Å². The number of nitrogens with zero attached hydrogens (tertiary/aromatic N) is 1. The van der Waals surface area contributed by atoms with Crippen LogP contribution in [0.15, 0.2) is 11.8 Å². The lowest BCUT2D eigenvalue weighted by atomic mass is 9.69. The molecule has 1 fully saturated rings. The van der Waals surface area contributed by atoms with E-state index in [4.69, 9.17) is 4.74 Å². The van der Waals surface area contributed by atoms with Crippen LogP contribution in [0.3, 0.4) is 0 Å². The van der Waals surface area contributed by atoms with E-state index in [0.717, 1.165) is 44.2 Å². The van der Waals surface area contributed by atoms with Gasteiger partial charge in [-0.25, -0.2) is 0 Å². The van der Waals surface area contributed by atoms with Gasteiger partial charge in [-0.3, -0.25) is 14.4 Å². The van der Waals surface area contributed by atoms with Gasteiger partial charge in [0.1, 0.15) is 5.41 Å². The fraction of sp³-hybridized carbons (Fsp3) is 0.815. The molecule has 6 nitrogen and oxygen atoms in total. The first-order chi connectivity index (χ1) is 15.9. The summed E-state index contributed by atoms with van der Waals surface area (Å²) in [6.45, 7) is 7.68. The highest BCUT2D eigenvalue weighted by Gasteiger charge is 2.53. The van der Waals surface area contributed by atoms with E-state index in [1.807, 2.05) is 4.90 Å². The molecule has 2 rings (SSSR count). The number of methoxy groups -OCH3 is 1. The average Bonchev–Trinajstić information content (AvgIpc) is 3.00. The SMILES string of the molecule is CCCCCCCCN1C(=O)[C@H](CC(=O)NCCC(C)C)C[C@@]2(C(=O)OC)CCCCC=C12. The van der Waals surface area contributed by atoms with Crippen LogP contribution in [0.5, 0.6) is 0 Å². The third kappa shape index (κ3) is 7.58. The molecule has 0 radical (unpaired) electrons. The second kappa shape index (κ2) is 13.8. The molecule has 1 aliphatic heterocycles. The predicted molar refractivity (Wildman–Crippen MR) is 131 cm³/mol. The fourth-order valence-corrected chi connectivity index (χ4v) is 5.28. The molecule has 6 heteroatoms. The number of likely N-dealkylation sites (tertiary alicyclic amines) is 1. The van der Waals surface area contributed by atoms with Crippen LogP contribution in [0.25, 0.3) is 0 Å². The predicted octanol–water partition coefficient (Wildman–Crippen LogP) is 5.37. The normalized spacial score (nSPS) is 23.1. The molecule has 0 bridgehead atoms. The highest BCUT2D eigenvalue weighted by molar-refractivity contribution is 5.92. The summed E-state index contributed by atoms with van der Waals surface area (Å²) in [6.07, 6.45) is 13.8. The zero-order chi connectivity index (χ0) is 24.3. The van der Waals surface area contributed by atoms with Crippen LogP contribution in [0.1, 0.15) is 104 Å². The Morgan fingerprint density at radius 2 is 1.91 bits per heavy atom.